The molecule has 0 atom stereocenters. The molecule has 14 heavy (non-hydrogen) atoms. The monoisotopic (exact) mass is 260 g/mol. The fraction of sp³-hybridized carbons (Fsp3) is 0.538. The summed E-state index contributed by atoms with van der Waals surface area (Å²) in [6, 6.07) is 8.15. The number of hydrogen-bond acceptors (Lipinski definition) is 0. The van der Waals surface area contributed by atoms with Crippen LogP contribution in [0.25, 0.3) is 0 Å². The lowest BCUT2D eigenvalue weighted by molar-refractivity contribution is 1.43. The summed E-state index contributed by atoms with van der Waals surface area (Å²) < 4.78 is 1.18. The maximum Gasteiger partial charge on any atom is 0.0204 e. The fourth-order valence-corrected chi connectivity index (χ4v) is 0.836. The van der Waals surface area contributed by atoms with Crippen molar-refractivity contribution in [3.05, 3.63) is 34.3 Å². The highest BCUT2D eigenvalue weighted by atomic mass is 79.9. The third kappa shape index (κ3) is 11.7. The SMILES string of the molecule is CC.CC.CC.Cc1ccccc1Br. The van der Waals surface area contributed by atoms with Crippen molar-refractivity contribution < 1.29 is 0 Å². The van der Waals surface area contributed by atoms with Crippen molar-refractivity contribution in [2.24, 2.45) is 0 Å². The van der Waals surface area contributed by atoms with Gasteiger partial charge in [0.15, 0.2) is 0 Å². The van der Waals surface area contributed by atoms with Crippen LogP contribution >= 0.6 is 15.9 Å². The van der Waals surface area contributed by atoms with E-state index in [4.69, 9.17) is 0 Å². The predicted molar refractivity (Wildman–Crippen MR) is 72.9 cm³/mol. The highest BCUT2D eigenvalue weighted by Gasteiger charge is 1.86. The summed E-state index contributed by atoms with van der Waals surface area (Å²) in [7, 11) is 0. The maximum atomic E-state index is 3.40. The zero-order valence-corrected chi connectivity index (χ0v) is 12.3. The van der Waals surface area contributed by atoms with Crippen LogP contribution in [0.4, 0.5) is 0 Å². The predicted octanol–water partition coefficient (Wildman–Crippen LogP) is 5.84. The van der Waals surface area contributed by atoms with Crippen LogP contribution in [0.1, 0.15) is 47.1 Å². The van der Waals surface area contributed by atoms with Gasteiger partial charge in [0.2, 0.25) is 0 Å². The van der Waals surface area contributed by atoms with Crippen LogP contribution in [0, 0.1) is 6.92 Å². The molecule has 1 heteroatoms. The van der Waals surface area contributed by atoms with E-state index in [1.807, 2.05) is 59.7 Å². The summed E-state index contributed by atoms with van der Waals surface area (Å²) in [5.41, 5.74) is 1.28. The molecule has 0 aliphatic heterocycles. The second kappa shape index (κ2) is 18.5. The molecule has 84 valence electrons. The number of benzene rings is 1. The van der Waals surface area contributed by atoms with Gasteiger partial charge < -0.3 is 0 Å². The molecule has 1 aromatic carbocycles. The quantitative estimate of drug-likeness (QED) is 0.550. The minimum atomic E-state index is 1.18. The smallest absolute Gasteiger partial charge is 0.0204 e. The number of halogens is 1. The summed E-state index contributed by atoms with van der Waals surface area (Å²) in [5, 5.41) is 0. The molecule has 0 radical (unpaired) electrons. The molecule has 0 saturated carbocycles. The average Bonchev–Trinajstić information content (AvgIpc) is 2.31. The molecule has 1 aromatic rings. The number of aryl methyl sites for hydroxylation is 1. The molecule has 0 aromatic heterocycles. The van der Waals surface area contributed by atoms with Gasteiger partial charge in [-0.3, -0.25) is 0 Å². The maximum absolute atomic E-state index is 3.40. The Morgan fingerprint density at radius 1 is 0.786 bits per heavy atom. The number of hydrogen-bond donors (Lipinski definition) is 0. The first kappa shape index (κ1) is 19.3. The molecule has 0 unspecified atom stereocenters. The first-order valence-electron chi connectivity index (χ1n) is 5.52. The zero-order valence-electron chi connectivity index (χ0n) is 10.7. The van der Waals surface area contributed by atoms with Crippen LogP contribution in [-0.4, -0.2) is 0 Å². The molecular formula is C13H25Br. The van der Waals surface area contributed by atoms with Crippen molar-refractivity contribution >= 4 is 15.9 Å². The van der Waals surface area contributed by atoms with Crippen molar-refractivity contribution in [2.75, 3.05) is 0 Å². The van der Waals surface area contributed by atoms with E-state index in [1.54, 1.807) is 0 Å². The Labute approximate surface area is 98.9 Å². The number of rotatable bonds is 0. The van der Waals surface area contributed by atoms with E-state index in [0.717, 1.165) is 0 Å². The Hall–Kier alpha value is -0.300. The van der Waals surface area contributed by atoms with E-state index < -0.39 is 0 Å². The van der Waals surface area contributed by atoms with Crippen LogP contribution in [-0.2, 0) is 0 Å². The summed E-state index contributed by atoms with van der Waals surface area (Å²) in [4.78, 5) is 0. The van der Waals surface area contributed by atoms with Gasteiger partial charge in [0, 0.05) is 4.47 Å². The first-order valence-corrected chi connectivity index (χ1v) is 6.31. The minimum Gasteiger partial charge on any atom is -0.0683 e. The molecule has 0 aliphatic rings. The lowest BCUT2D eigenvalue weighted by Gasteiger charge is -1.91. The average molecular weight is 261 g/mol. The van der Waals surface area contributed by atoms with E-state index in [2.05, 4.69) is 28.9 Å². The van der Waals surface area contributed by atoms with E-state index in [-0.39, 0.29) is 0 Å². The highest BCUT2D eigenvalue weighted by Crippen LogP contribution is 2.13. The van der Waals surface area contributed by atoms with Gasteiger partial charge in [-0.25, -0.2) is 0 Å². The largest absolute Gasteiger partial charge is 0.0683 e. The second-order valence-electron chi connectivity index (χ2n) is 1.75. The lowest BCUT2D eigenvalue weighted by Crippen LogP contribution is -1.69. The zero-order chi connectivity index (χ0) is 12.0. The van der Waals surface area contributed by atoms with Gasteiger partial charge in [0.25, 0.3) is 0 Å². The first-order chi connectivity index (χ1) is 6.80. The normalized spacial score (nSPS) is 6.57. The molecule has 0 fully saturated rings. The van der Waals surface area contributed by atoms with Gasteiger partial charge in [-0.1, -0.05) is 75.7 Å². The lowest BCUT2D eigenvalue weighted by atomic mass is 10.2. The Balaban J connectivity index is -0.000000174. The van der Waals surface area contributed by atoms with Crippen molar-refractivity contribution in [2.45, 2.75) is 48.5 Å². The Morgan fingerprint density at radius 3 is 1.36 bits per heavy atom. The molecular weight excluding hydrogens is 236 g/mol. The minimum absolute atomic E-state index is 1.18. The van der Waals surface area contributed by atoms with Crippen LogP contribution in [0.3, 0.4) is 0 Å². The molecule has 0 nitrogen and oxygen atoms in total. The van der Waals surface area contributed by atoms with Gasteiger partial charge in [0.1, 0.15) is 0 Å². The summed E-state index contributed by atoms with van der Waals surface area (Å²) in [5.74, 6) is 0. The topological polar surface area (TPSA) is 0 Å². The van der Waals surface area contributed by atoms with Crippen molar-refractivity contribution in [1.82, 2.24) is 0 Å². The molecule has 0 saturated heterocycles. The van der Waals surface area contributed by atoms with E-state index in [0.29, 0.717) is 0 Å². The molecule has 0 amide bonds. The Morgan fingerprint density at radius 2 is 1.14 bits per heavy atom. The molecule has 0 bridgehead atoms. The van der Waals surface area contributed by atoms with E-state index in [9.17, 15) is 0 Å². The van der Waals surface area contributed by atoms with E-state index in [1.165, 1.54) is 10.0 Å². The van der Waals surface area contributed by atoms with Crippen LogP contribution in [0.2, 0.25) is 0 Å². The standard InChI is InChI=1S/C7H7Br.3C2H6/c1-6-4-2-3-5-7(6)8;3*1-2/h2-5H,1H3;3*1-2H3. The van der Waals surface area contributed by atoms with Crippen LogP contribution < -0.4 is 0 Å². The Kier molecular flexibility index (Phi) is 25.5. The molecule has 0 N–H and O–H groups in total. The Bertz CT molecular complexity index is 161. The van der Waals surface area contributed by atoms with Gasteiger partial charge in [-0.2, -0.15) is 0 Å². The van der Waals surface area contributed by atoms with Gasteiger partial charge >= 0.3 is 0 Å². The van der Waals surface area contributed by atoms with E-state index >= 15 is 0 Å². The van der Waals surface area contributed by atoms with Crippen LogP contribution in [0.5, 0.6) is 0 Å². The van der Waals surface area contributed by atoms with Crippen molar-refractivity contribution in [3.8, 4) is 0 Å². The second-order valence-corrected chi connectivity index (χ2v) is 2.60. The van der Waals surface area contributed by atoms with Gasteiger partial charge in [-0.05, 0) is 18.6 Å². The van der Waals surface area contributed by atoms with Gasteiger partial charge in [-0.15, -0.1) is 0 Å². The summed E-state index contributed by atoms with van der Waals surface area (Å²) >= 11 is 3.40. The molecule has 0 heterocycles. The molecule has 0 aliphatic carbocycles. The van der Waals surface area contributed by atoms with Crippen molar-refractivity contribution in [3.63, 3.8) is 0 Å². The van der Waals surface area contributed by atoms with Gasteiger partial charge in [0.05, 0.1) is 0 Å². The van der Waals surface area contributed by atoms with Crippen molar-refractivity contribution in [1.29, 1.82) is 0 Å². The molecule has 0 spiro atoms. The highest BCUT2D eigenvalue weighted by molar-refractivity contribution is 9.10. The summed E-state index contributed by atoms with van der Waals surface area (Å²) in [6.45, 7) is 14.1. The molecule has 1 rings (SSSR count). The third-order valence-corrected chi connectivity index (χ3v) is 1.97. The third-order valence-electron chi connectivity index (χ3n) is 1.08. The summed E-state index contributed by atoms with van der Waals surface area (Å²) in [6.07, 6.45) is 0. The van der Waals surface area contributed by atoms with Crippen LogP contribution in [0.15, 0.2) is 28.7 Å². The fourth-order valence-electron chi connectivity index (χ4n) is 0.551.